The Morgan fingerprint density at radius 2 is 1.65 bits per heavy atom. The van der Waals surface area contributed by atoms with Crippen LogP contribution in [-0.2, 0) is 6.61 Å². The molecule has 4 heteroatoms. The molecule has 1 nitrogen and oxygen atoms in total. The highest BCUT2D eigenvalue weighted by Gasteiger charge is 2.08. The lowest BCUT2D eigenvalue weighted by Crippen LogP contribution is -1.91. The summed E-state index contributed by atoms with van der Waals surface area (Å²) >= 11 is 11.8. The molecular weight excluding hydrogens is 262 g/mol. The highest BCUT2D eigenvalue weighted by molar-refractivity contribution is 6.35. The van der Waals surface area contributed by atoms with Gasteiger partial charge in [0, 0.05) is 10.0 Å². The molecule has 0 aromatic heterocycles. The number of hydrogen-bond donors (Lipinski definition) is 1. The predicted molar refractivity (Wildman–Crippen MR) is 67.8 cm³/mol. The van der Waals surface area contributed by atoms with E-state index in [-0.39, 0.29) is 12.4 Å². The van der Waals surface area contributed by atoms with E-state index in [4.69, 9.17) is 23.2 Å². The van der Waals surface area contributed by atoms with Crippen molar-refractivity contribution < 1.29 is 9.50 Å². The first-order chi connectivity index (χ1) is 8.10. The van der Waals surface area contributed by atoms with Gasteiger partial charge in [0.1, 0.15) is 5.82 Å². The third kappa shape index (κ3) is 2.78. The van der Waals surface area contributed by atoms with Gasteiger partial charge in [-0.15, -0.1) is 0 Å². The summed E-state index contributed by atoms with van der Waals surface area (Å²) in [6.45, 7) is -0.167. The van der Waals surface area contributed by atoms with Crippen LogP contribution in [0.15, 0.2) is 36.4 Å². The molecular formula is C13H9Cl2FO. The second-order valence-electron chi connectivity index (χ2n) is 3.62. The molecule has 2 aromatic carbocycles. The second kappa shape index (κ2) is 5.05. The molecule has 0 saturated carbocycles. The van der Waals surface area contributed by atoms with E-state index in [1.54, 1.807) is 24.3 Å². The van der Waals surface area contributed by atoms with Crippen molar-refractivity contribution in [3.8, 4) is 11.1 Å². The van der Waals surface area contributed by atoms with Gasteiger partial charge < -0.3 is 5.11 Å². The number of aliphatic hydroxyl groups excluding tert-OH is 1. The highest BCUT2D eigenvalue weighted by atomic mass is 35.5. The first-order valence-electron chi connectivity index (χ1n) is 4.96. The van der Waals surface area contributed by atoms with Crippen LogP contribution >= 0.6 is 23.2 Å². The van der Waals surface area contributed by atoms with Crippen molar-refractivity contribution in [2.24, 2.45) is 0 Å². The van der Waals surface area contributed by atoms with Crippen LogP contribution in [0.2, 0.25) is 10.0 Å². The van der Waals surface area contributed by atoms with Crippen LogP contribution < -0.4 is 0 Å². The maximum Gasteiger partial charge on any atom is 0.123 e. The van der Waals surface area contributed by atoms with Crippen molar-refractivity contribution in [2.75, 3.05) is 0 Å². The fourth-order valence-corrected chi connectivity index (χ4v) is 2.19. The molecule has 0 atom stereocenters. The molecule has 0 bridgehead atoms. The zero-order chi connectivity index (χ0) is 12.4. The number of benzene rings is 2. The van der Waals surface area contributed by atoms with Gasteiger partial charge in [0.2, 0.25) is 0 Å². The predicted octanol–water partition coefficient (Wildman–Crippen LogP) is 4.29. The maximum absolute atomic E-state index is 13.2. The van der Waals surface area contributed by atoms with E-state index < -0.39 is 0 Å². The maximum atomic E-state index is 13.2. The number of rotatable bonds is 2. The Morgan fingerprint density at radius 3 is 2.24 bits per heavy atom. The number of halogens is 3. The smallest absolute Gasteiger partial charge is 0.123 e. The molecule has 1 N–H and O–H groups in total. The van der Waals surface area contributed by atoms with Crippen LogP contribution in [0.5, 0.6) is 0 Å². The highest BCUT2D eigenvalue weighted by Crippen LogP contribution is 2.30. The van der Waals surface area contributed by atoms with E-state index in [9.17, 15) is 9.50 Å². The molecule has 0 aliphatic rings. The number of hydrogen-bond acceptors (Lipinski definition) is 1. The van der Waals surface area contributed by atoms with Gasteiger partial charge in [0.05, 0.1) is 6.61 Å². The zero-order valence-electron chi connectivity index (χ0n) is 8.75. The summed E-state index contributed by atoms with van der Waals surface area (Å²) in [5.74, 6) is -0.367. The first kappa shape index (κ1) is 12.4. The van der Waals surface area contributed by atoms with Gasteiger partial charge in [-0.25, -0.2) is 4.39 Å². The molecule has 0 aliphatic carbocycles. The number of aliphatic hydroxyl groups is 1. The lowest BCUT2D eigenvalue weighted by atomic mass is 10.00. The van der Waals surface area contributed by atoms with Crippen LogP contribution in [0.3, 0.4) is 0 Å². The zero-order valence-corrected chi connectivity index (χ0v) is 10.3. The van der Waals surface area contributed by atoms with Gasteiger partial charge in [0.15, 0.2) is 0 Å². The van der Waals surface area contributed by atoms with Crippen molar-refractivity contribution >= 4 is 23.2 Å². The summed E-state index contributed by atoms with van der Waals surface area (Å²) in [7, 11) is 0. The van der Waals surface area contributed by atoms with Gasteiger partial charge >= 0.3 is 0 Å². The SMILES string of the molecule is OCc1ccc(F)cc1-c1cc(Cl)cc(Cl)c1. The largest absolute Gasteiger partial charge is 0.392 e. The Morgan fingerprint density at radius 1 is 1.00 bits per heavy atom. The minimum absolute atomic E-state index is 0.167. The summed E-state index contributed by atoms with van der Waals surface area (Å²) in [4.78, 5) is 0. The van der Waals surface area contributed by atoms with Gasteiger partial charge in [-0.3, -0.25) is 0 Å². The van der Waals surface area contributed by atoms with Crippen LogP contribution in [-0.4, -0.2) is 5.11 Å². The fraction of sp³-hybridized carbons (Fsp3) is 0.0769. The Balaban J connectivity index is 2.62. The molecule has 0 radical (unpaired) electrons. The van der Waals surface area contributed by atoms with Crippen molar-refractivity contribution in [3.63, 3.8) is 0 Å². The third-order valence-corrected chi connectivity index (χ3v) is 2.85. The topological polar surface area (TPSA) is 20.2 Å². The molecule has 2 aromatic rings. The Hall–Kier alpha value is -1.09. The summed E-state index contributed by atoms with van der Waals surface area (Å²) < 4.78 is 13.2. The third-order valence-electron chi connectivity index (χ3n) is 2.42. The molecule has 17 heavy (non-hydrogen) atoms. The van der Waals surface area contributed by atoms with Gasteiger partial charge in [0.25, 0.3) is 0 Å². The summed E-state index contributed by atoms with van der Waals surface area (Å²) in [6, 6.07) is 9.17. The summed E-state index contributed by atoms with van der Waals surface area (Å²) in [5.41, 5.74) is 1.91. The van der Waals surface area contributed by atoms with Crippen molar-refractivity contribution in [3.05, 3.63) is 57.8 Å². The molecule has 2 rings (SSSR count). The van der Waals surface area contributed by atoms with Crippen LogP contribution in [0, 0.1) is 5.82 Å². The first-order valence-corrected chi connectivity index (χ1v) is 5.71. The van der Waals surface area contributed by atoms with Crippen molar-refractivity contribution in [1.82, 2.24) is 0 Å². The summed E-state index contributed by atoms with van der Waals surface area (Å²) in [5, 5.41) is 10.2. The molecule has 0 amide bonds. The Kier molecular flexibility index (Phi) is 3.67. The second-order valence-corrected chi connectivity index (χ2v) is 4.49. The van der Waals surface area contributed by atoms with E-state index in [1.165, 1.54) is 12.1 Å². The normalized spacial score (nSPS) is 10.6. The molecule has 88 valence electrons. The van der Waals surface area contributed by atoms with E-state index in [2.05, 4.69) is 0 Å². The molecule has 0 heterocycles. The minimum atomic E-state index is -0.367. The lowest BCUT2D eigenvalue weighted by Gasteiger charge is -2.09. The summed E-state index contributed by atoms with van der Waals surface area (Å²) in [6.07, 6.45) is 0. The van der Waals surface area contributed by atoms with Crippen LogP contribution in [0.1, 0.15) is 5.56 Å². The molecule has 0 aliphatic heterocycles. The van der Waals surface area contributed by atoms with Crippen molar-refractivity contribution in [2.45, 2.75) is 6.61 Å². The van der Waals surface area contributed by atoms with Gasteiger partial charge in [-0.2, -0.15) is 0 Å². The Labute approximate surface area is 108 Å². The molecule has 0 fully saturated rings. The van der Waals surface area contributed by atoms with Crippen molar-refractivity contribution in [1.29, 1.82) is 0 Å². The minimum Gasteiger partial charge on any atom is -0.392 e. The van der Waals surface area contributed by atoms with E-state index in [0.717, 1.165) is 0 Å². The molecule has 0 spiro atoms. The Bertz CT molecular complexity index is 535. The quantitative estimate of drug-likeness (QED) is 0.863. The van der Waals surface area contributed by atoms with Gasteiger partial charge in [-0.1, -0.05) is 29.3 Å². The standard InChI is InChI=1S/C13H9Cl2FO/c14-10-3-9(4-11(15)5-10)13-6-12(16)2-1-8(13)7-17/h1-6,17H,7H2. The lowest BCUT2D eigenvalue weighted by molar-refractivity contribution is 0.282. The van der Waals surface area contributed by atoms with Crippen LogP contribution in [0.4, 0.5) is 4.39 Å². The van der Waals surface area contributed by atoms with Crippen LogP contribution in [0.25, 0.3) is 11.1 Å². The average molecular weight is 271 g/mol. The molecule has 0 saturated heterocycles. The van der Waals surface area contributed by atoms with Gasteiger partial charge in [-0.05, 0) is 47.0 Å². The van der Waals surface area contributed by atoms with E-state index in [0.29, 0.717) is 26.7 Å². The van der Waals surface area contributed by atoms with E-state index in [1.807, 2.05) is 0 Å². The fourth-order valence-electron chi connectivity index (χ4n) is 1.66. The van der Waals surface area contributed by atoms with E-state index >= 15 is 0 Å². The average Bonchev–Trinajstić information content (AvgIpc) is 2.27. The molecule has 0 unspecified atom stereocenters. The monoisotopic (exact) mass is 270 g/mol.